The van der Waals surface area contributed by atoms with Crippen molar-refractivity contribution in [3.63, 3.8) is 0 Å². The molecule has 0 aromatic heterocycles. The molecule has 0 atom stereocenters. The van der Waals surface area contributed by atoms with Gasteiger partial charge < -0.3 is 10.2 Å². The molecule has 0 aromatic rings. The lowest BCUT2D eigenvalue weighted by molar-refractivity contribution is 0.250. The molecule has 6 heteroatoms. The largest absolute Gasteiger partial charge is 0.317 e. The number of rotatable bonds is 11. The van der Waals surface area contributed by atoms with Gasteiger partial charge in [-0.15, -0.1) is 0 Å². The van der Waals surface area contributed by atoms with E-state index in [1.165, 1.54) is 25.7 Å². The van der Waals surface area contributed by atoms with E-state index in [-0.39, 0.29) is 5.75 Å². The van der Waals surface area contributed by atoms with E-state index in [1.807, 2.05) is 0 Å². The van der Waals surface area contributed by atoms with Crippen LogP contribution >= 0.6 is 0 Å². The first kappa shape index (κ1) is 17.9. The van der Waals surface area contributed by atoms with Gasteiger partial charge in [-0.3, -0.25) is 0 Å². The van der Waals surface area contributed by atoms with Crippen LogP contribution in [0.5, 0.6) is 0 Å². The summed E-state index contributed by atoms with van der Waals surface area (Å²) in [5, 5.41) is 3.20. The first-order chi connectivity index (χ1) is 9.55. The van der Waals surface area contributed by atoms with Crippen molar-refractivity contribution in [3.05, 3.63) is 0 Å². The van der Waals surface area contributed by atoms with Crippen molar-refractivity contribution < 1.29 is 8.42 Å². The molecule has 20 heavy (non-hydrogen) atoms. The van der Waals surface area contributed by atoms with Crippen LogP contribution in [-0.4, -0.2) is 58.3 Å². The van der Waals surface area contributed by atoms with Crippen molar-refractivity contribution in [2.75, 3.05) is 39.0 Å². The van der Waals surface area contributed by atoms with Crippen molar-refractivity contribution in [2.24, 2.45) is 0 Å². The summed E-state index contributed by atoms with van der Waals surface area (Å²) >= 11 is 0. The van der Waals surface area contributed by atoms with Crippen molar-refractivity contribution in [1.82, 2.24) is 14.9 Å². The van der Waals surface area contributed by atoms with Crippen LogP contribution in [0.2, 0.25) is 0 Å². The predicted molar refractivity (Wildman–Crippen MR) is 84.5 cm³/mol. The maximum Gasteiger partial charge on any atom is 0.211 e. The monoisotopic (exact) mass is 305 g/mol. The van der Waals surface area contributed by atoms with Gasteiger partial charge in [-0.25, -0.2) is 13.1 Å². The van der Waals surface area contributed by atoms with Crippen molar-refractivity contribution >= 4 is 10.0 Å². The summed E-state index contributed by atoms with van der Waals surface area (Å²) in [7, 11) is -0.994. The molecule has 0 bridgehead atoms. The van der Waals surface area contributed by atoms with Crippen LogP contribution in [0.1, 0.15) is 45.4 Å². The Kier molecular flexibility index (Phi) is 8.68. The molecular formula is C14H31N3O2S. The molecule has 0 aromatic carbocycles. The second-order valence-corrected chi connectivity index (χ2v) is 7.62. The fourth-order valence-electron chi connectivity index (χ4n) is 2.70. The van der Waals surface area contributed by atoms with Gasteiger partial charge in [-0.05, 0) is 45.8 Å². The first-order valence-electron chi connectivity index (χ1n) is 7.93. The Balaban J connectivity index is 2.09. The van der Waals surface area contributed by atoms with Gasteiger partial charge in [0.05, 0.1) is 5.75 Å². The van der Waals surface area contributed by atoms with E-state index in [1.54, 1.807) is 0 Å². The molecule has 120 valence electrons. The summed E-state index contributed by atoms with van der Waals surface area (Å²) in [6.45, 7) is 5.23. The smallest absolute Gasteiger partial charge is 0.211 e. The molecule has 0 unspecified atom stereocenters. The molecule has 0 heterocycles. The minimum atomic E-state index is -3.09. The number of likely N-dealkylation sites (N-methyl/N-ethyl adjacent to an activating group) is 1. The van der Waals surface area contributed by atoms with E-state index in [9.17, 15) is 8.42 Å². The number of hydrogen-bond acceptors (Lipinski definition) is 4. The minimum Gasteiger partial charge on any atom is -0.317 e. The van der Waals surface area contributed by atoms with Crippen LogP contribution in [-0.2, 0) is 10.0 Å². The van der Waals surface area contributed by atoms with Crippen LogP contribution in [0.4, 0.5) is 0 Å². The average molecular weight is 305 g/mol. The Morgan fingerprint density at radius 1 is 1.15 bits per heavy atom. The highest BCUT2D eigenvalue weighted by atomic mass is 32.2. The molecule has 0 aliphatic heterocycles. The molecule has 1 rings (SSSR count). The quantitative estimate of drug-likeness (QED) is 0.563. The van der Waals surface area contributed by atoms with Gasteiger partial charge in [-0.2, -0.15) is 0 Å². The molecule has 0 amide bonds. The third-order valence-electron chi connectivity index (χ3n) is 4.00. The Morgan fingerprint density at radius 3 is 2.50 bits per heavy atom. The Bertz CT molecular complexity index is 340. The number of hydrogen-bond donors (Lipinski definition) is 2. The molecule has 0 saturated heterocycles. The highest BCUT2D eigenvalue weighted by Gasteiger charge is 2.19. The summed E-state index contributed by atoms with van der Waals surface area (Å²) in [6, 6.07) is 0.652. The summed E-state index contributed by atoms with van der Waals surface area (Å²) in [6.07, 6.45) is 6.78. The van der Waals surface area contributed by atoms with Gasteiger partial charge in [0.15, 0.2) is 0 Å². The van der Waals surface area contributed by atoms with Gasteiger partial charge in [0.25, 0.3) is 0 Å². The predicted octanol–water partition coefficient (Wildman–Crippen LogP) is 1.17. The normalized spacial score (nSPS) is 17.1. The van der Waals surface area contributed by atoms with Gasteiger partial charge in [0.1, 0.15) is 0 Å². The molecule has 1 saturated carbocycles. The number of nitrogens with one attached hydrogen (secondary N) is 2. The number of unbranched alkanes of at least 4 members (excludes halogenated alkanes) is 1. The second-order valence-electron chi connectivity index (χ2n) is 5.69. The average Bonchev–Trinajstić information content (AvgIpc) is 2.92. The van der Waals surface area contributed by atoms with Crippen molar-refractivity contribution in [3.8, 4) is 0 Å². The SMILES string of the molecule is CCNCCCCS(=O)(=O)NCCN(C)C1CCCC1. The third-order valence-corrected chi connectivity index (χ3v) is 5.47. The van der Waals surface area contributed by atoms with Crippen LogP contribution in [0, 0.1) is 0 Å². The summed E-state index contributed by atoms with van der Waals surface area (Å²) in [5.74, 6) is 0.242. The maximum absolute atomic E-state index is 11.8. The van der Waals surface area contributed by atoms with Gasteiger partial charge >= 0.3 is 0 Å². The van der Waals surface area contributed by atoms with Crippen LogP contribution in [0.15, 0.2) is 0 Å². The Labute approximate surface area is 124 Å². The number of nitrogens with zero attached hydrogens (tertiary/aromatic N) is 1. The molecule has 0 radical (unpaired) electrons. The van der Waals surface area contributed by atoms with E-state index in [0.717, 1.165) is 32.5 Å². The Hall–Kier alpha value is -0.170. The van der Waals surface area contributed by atoms with E-state index in [4.69, 9.17) is 0 Å². The van der Waals surface area contributed by atoms with Crippen LogP contribution < -0.4 is 10.0 Å². The van der Waals surface area contributed by atoms with E-state index < -0.39 is 10.0 Å². The van der Waals surface area contributed by atoms with Crippen LogP contribution in [0.3, 0.4) is 0 Å². The van der Waals surface area contributed by atoms with Gasteiger partial charge in [0, 0.05) is 19.1 Å². The molecule has 5 nitrogen and oxygen atoms in total. The second kappa shape index (κ2) is 9.71. The fraction of sp³-hybridized carbons (Fsp3) is 1.00. The maximum atomic E-state index is 11.8. The summed E-state index contributed by atoms with van der Waals surface area (Å²) < 4.78 is 26.3. The first-order valence-corrected chi connectivity index (χ1v) is 9.58. The fourth-order valence-corrected chi connectivity index (χ4v) is 3.83. The Morgan fingerprint density at radius 2 is 1.85 bits per heavy atom. The van der Waals surface area contributed by atoms with E-state index in [0.29, 0.717) is 12.6 Å². The molecule has 1 aliphatic carbocycles. The van der Waals surface area contributed by atoms with Crippen molar-refractivity contribution in [2.45, 2.75) is 51.5 Å². The standard InChI is InChI=1S/C14H31N3O2S/c1-3-15-10-6-7-13-20(18,19)16-11-12-17(2)14-8-4-5-9-14/h14-16H,3-13H2,1-2H3. The lowest BCUT2D eigenvalue weighted by Crippen LogP contribution is -2.38. The van der Waals surface area contributed by atoms with E-state index >= 15 is 0 Å². The highest BCUT2D eigenvalue weighted by Crippen LogP contribution is 2.21. The molecule has 2 N–H and O–H groups in total. The van der Waals surface area contributed by atoms with Gasteiger partial charge in [0.2, 0.25) is 10.0 Å². The van der Waals surface area contributed by atoms with Crippen LogP contribution in [0.25, 0.3) is 0 Å². The molecule has 0 spiro atoms. The highest BCUT2D eigenvalue weighted by molar-refractivity contribution is 7.89. The summed E-state index contributed by atoms with van der Waals surface area (Å²) in [4.78, 5) is 2.29. The lowest BCUT2D eigenvalue weighted by atomic mass is 10.2. The molecule has 1 aliphatic rings. The summed E-state index contributed by atoms with van der Waals surface area (Å²) in [5.41, 5.74) is 0. The van der Waals surface area contributed by atoms with Crippen molar-refractivity contribution in [1.29, 1.82) is 0 Å². The minimum absolute atomic E-state index is 0.242. The molecule has 1 fully saturated rings. The zero-order valence-electron chi connectivity index (χ0n) is 13.0. The van der Waals surface area contributed by atoms with E-state index in [2.05, 4.69) is 28.9 Å². The third kappa shape index (κ3) is 7.57. The number of sulfonamides is 1. The lowest BCUT2D eigenvalue weighted by Gasteiger charge is -2.23. The van der Waals surface area contributed by atoms with Gasteiger partial charge in [-0.1, -0.05) is 19.8 Å². The molecular weight excluding hydrogens is 274 g/mol. The zero-order chi connectivity index (χ0) is 14.8. The zero-order valence-corrected chi connectivity index (χ0v) is 13.8. The topological polar surface area (TPSA) is 61.4 Å².